The third kappa shape index (κ3) is 3.51. The van der Waals surface area contributed by atoms with Crippen LogP contribution in [0.25, 0.3) is 0 Å². The van der Waals surface area contributed by atoms with Crippen molar-refractivity contribution < 1.29 is 9.53 Å². The third-order valence-electron chi connectivity index (χ3n) is 1.95. The summed E-state index contributed by atoms with van der Waals surface area (Å²) in [5, 5.41) is 0. The zero-order valence-electron chi connectivity index (χ0n) is 8.79. The van der Waals surface area contributed by atoms with Crippen molar-refractivity contribution in [3.05, 3.63) is 46.5 Å². The van der Waals surface area contributed by atoms with Crippen molar-refractivity contribution in [2.75, 3.05) is 0 Å². The van der Waals surface area contributed by atoms with Gasteiger partial charge in [0.15, 0.2) is 0 Å². The molecule has 0 amide bonds. The summed E-state index contributed by atoms with van der Waals surface area (Å²) in [6.45, 7) is 7.01. The molecule has 0 fully saturated rings. The SMILES string of the molecule is C=C(C)C(=O)OC(C)c1cccc(Br)c1. The van der Waals surface area contributed by atoms with Gasteiger partial charge in [0.05, 0.1) is 0 Å². The minimum atomic E-state index is -0.359. The molecule has 1 aromatic rings. The molecule has 0 bridgehead atoms. The summed E-state index contributed by atoms with van der Waals surface area (Å²) < 4.78 is 6.16. The number of rotatable bonds is 3. The Labute approximate surface area is 98.1 Å². The van der Waals surface area contributed by atoms with Crippen molar-refractivity contribution in [1.29, 1.82) is 0 Å². The van der Waals surface area contributed by atoms with Crippen molar-refractivity contribution in [2.24, 2.45) is 0 Å². The van der Waals surface area contributed by atoms with Crippen molar-refractivity contribution in [1.82, 2.24) is 0 Å². The van der Waals surface area contributed by atoms with Gasteiger partial charge in [-0.2, -0.15) is 0 Å². The topological polar surface area (TPSA) is 26.3 Å². The fourth-order valence-electron chi connectivity index (χ4n) is 1.09. The molecule has 0 heterocycles. The van der Waals surface area contributed by atoms with Gasteiger partial charge in [0, 0.05) is 10.0 Å². The number of hydrogen-bond donors (Lipinski definition) is 0. The normalized spacial score (nSPS) is 11.9. The van der Waals surface area contributed by atoms with Crippen LogP contribution in [0.1, 0.15) is 25.5 Å². The lowest BCUT2D eigenvalue weighted by Crippen LogP contribution is -2.09. The molecule has 0 aromatic heterocycles. The zero-order chi connectivity index (χ0) is 11.4. The lowest BCUT2D eigenvalue weighted by Gasteiger charge is -2.13. The van der Waals surface area contributed by atoms with E-state index in [1.807, 2.05) is 31.2 Å². The quantitative estimate of drug-likeness (QED) is 0.618. The van der Waals surface area contributed by atoms with Crippen molar-refractivity contribution in [3.63, 3.8) is 0 Å². The van der Waals surface area contributed by atoms with Crippen LogP contribution < -0.4 is 0 Å². The van der Waals surface area contributed by atoms with E-state index in [9.17, 15) is 4.79 Å². The molecule has 0 spiro atoms. The maximum absolute atomic E-state index is 11.3. The van der Waals surface area contributed by atoms with E-state index in [2.05, 4.69) is 22.5 Å². The predicted octanol–water partition coefficient (Wildman–Crippen LogP) is 3.63. The molecule has 0 N–H and O–H groups in total. The first-order valence-electron chi connectivity index (χ1n) is 4.62. The molecule has 1 atom stereocenters. The Hall–Kier alpha value is -1.09. The van der Waals surface area contributed by atoms with Crippen molar-refractivity contribution in [3.8, 4) is 0 Å². The van der Waals surface area contributed by atoms with Gasteiger partial charge in [-0.15, -0.1) is 0 Å². The van der Waals surface area contributed by atoms with E-state index in [4.69, 9.17) is 4.74 Å². The van der Waals surface area contributed by atoms with Gasteiger partial charge in [0.25, 0.3) is 0 Å². The van der Waals surface area contributed by atoms with Crippen LogP contribution in [-0.2, 0) is 9.53 Å². The highest BCUT2D eigenvalue weighted by atomic mass is 79.9. The molecule has 3 heteroatoms. The molecule has 0 saturated heterocycles. The van der Waals surface area contributed by atoms with E-state index >= 15 is 0 Å². The summed E-state index contributed by atoms with van der Waals surface area (Å²) in [4.78, 5) is 11.3. The van der Waals surface area contributed by atoms with Crippen LogP contribution in [0.3, 0.4) is 0 Å². The van der Waals surface area contributed by atoms with E-state index < -0.39 is 0 Å². The third-order valence-corrected chi connectivity index (χ3v) is 2.44. The number of esters is 1. The lowest BCUT2D eigenvalue weighted by molar-refractivity contribution is -0.143. The molecular formula is C12H13BrO2. The van der Waals surface area contributed by atoms with Crippen LogP contribution in [0, 0.1) is 0 Å². The van der Waals surface area contributed by atoms with Crippen LogP contribution in [0.4, 0.5) is 0 Å². The number of benzene rings is 1. The highest BCUT2D eigenvalue weighted by Crippen LogP contribution is 2.21. The Balaban J connectivity index is 2.73. The second-order valence-electron chi connectivity index (χ2n) is 3.38. The van der Waals surface area contributed by atoms with Gasteiger partial charge < -0.3 is 4.74 Å². The van der Waals surface area contributed by atoms with Crippen LogP contribution in [0.2, 0.25) is 0 Å². The van der Waals surface area contributed by atoms with Gasteiger partial charge in [-0.1, -0.05) is 34.6 Å². The molecule has 0 aliphatic carbocycles. The maximum Gasteiger partial charge on any atom is 0.333 e. The van der Waals surface area contributed by atoms with Crippen LogP contribution >= 0.6 is 15.9 Å². The fourth-order valence-corrected chi connectivity index (χ4v) is 1.51. The minimum absolute atomic E-state index is 0.258. The van der Waals surface area contributed by atoms with Gasteiger partial charge in [-0.3, -0.25) is 0 Å². The Morgan fingerprint density at radius 3 is 2.73 bits per heavy atom. The first kappa shape index (κ1) is 12.0. The lowest BCUT2D eigenvalue weighted by atomic mass is 10.1. The first-order valence-corrected chi connectivity index (χ1v) is 5.42. The van der Waals surface area contributed by atoms with E-state index in [-0.39, 0.29) is 12.1 Å². The van der Waals surface area contributed by atoms with Gasteiger partial charge in [0.2, 0.25) is 0 Å². The largest absolute Gasteiger partial charge is 0.454 e. The summed E-state index contributed by atoms with van der Waals surface area (Å²) >= 11 is 3.37. The molecule has 0 saturated carbocycles. The molecule has 1 rings (SSSR count). The Morgan fingerprint density at radius 2 is 2.20 bits per heavy atom. The van der Waals surface area contributed by atoms with E-state index in [0.29, 0.717) is 5.57 Å². The smallest absolute Gasteiger partial charge is 0.333 e. The second kappa shape index (κ2) is 5.12. The van der Waals surface area contributed by atoms with Crippen LogP contribution in [0.15, 0.2) is 40.9 Å². The van der Waals surface area contributed by atoms with Gasteiger partial charge >= 0.3 is 5.97 Å². The fraction of sp³-hybridized carbons (Fsp3) is 0.250. The van der Waals surface area contributed by atoms with Crippen molar-refractivity contribution >= 4 is 21.9 Å². The molecule has 1 aromatic carbocycles. The summed E-state index contributed by atoms with van der Waals surface area (Å²) in [5.41, 5.74) is 1.37. The number of hydrogen-bond acceptors (Lipinski definition) is 2. The first-order chi connectivity index (χ1) is 7.00. The van der Waals surface area contributed by atoms with E-state index in [1.165, 1.54) is 0 Å². The summed E-state index contributed by atoms with van der Waals surface area (Å²) in [6.07, 6.45) is -0.258. The Bertz CT molecular complexity index is 385. The Kier molecular flexibility index (Phi) is 4.09. The standard InChI is InChI=1S/C12H13BrO2/c1-8(2)12(14)15-9(3)10-5-4-6-11(13)7-10/h4-7,9H,1H2,2-3H3. The molecule has 0 radical (unpaired) electrons. The average molecular weight is 269 g/mol. The van der Waals surface area contributed by atoms with Crippen LogP contribution in [0.5, 0.6) is 0 Å². The molecule has 80 valence electrons. The maximum atomic E-state index is 11.3. The summed E-state index contributed by atoms with van der Waals surface area (Å²) in [7, 11) is 0. The summed E-state index contributed by atoms with van der Waals surface area (Å²) in [5.74, 6) is -0.359. The monoisotopic (exact) mass is 268 g/mol. The molecule has 15 heavy (non-hydrogen) atoms. The van der Waals surface area contributed by atoms with Crippen LogP contribution in [-0.4, -0.2) is 5.97 Å². The highest BCUT2D eigenvalue weighted by Gasteiger charge is 2.11. The predicted molar refractivity (Wildman–Crippen MR) is 63.5 cm³/mol. The molecule has 0 aliphatic rings. The van der Waals surface area contributed by atoms with Gasteiger partial charge in [0.1, 0.15) is 6.10 Å². The minimum Gasteiger partial charge on any atom is -0.454 e. The molecular weight excluding hydrogens is 256 g/mol. The van der Waals surface area contributed by atoms with E-state index in [1.54, 1.807) is 6.92 Å². The van der Waals surface area contributed by atoms with Gasteiger partial charge in [-0.05, 0) is 31.5 Å². The number of ether oxygens (including phenoxy) is 1. The zero-order valence-corrected chi connectivity index (χ0v) is 10.4. The Morgan fingerprint density at radius 1 is 1.53 bits per heavy atom. The number of halogens is 1. The molecule has 2 nitrogen and oxygen atoms in total. The molecule has 0 aliphatic heterocycles. The number of carbonyl (C=O) groups is 1. The summed E-state index contributed by atoms with van der Waals surface area (Å²) in [6, 6.07) is 7.68. The second-order valence-corrected chi connectivity index (χ2v) is 4.30. The highest BCUT2D eigenvalue weighted by molar-refractivity contribution is 9.10. The molecule has 1 unspecified atom stereocenters. The van der Waals surface area contributed by atoms with Crippen molar-refractivity contribution in [2.45, 2.75) is 20.0 Å². The van der Waals surface area contributed by atoms with E-state index in [0.717, 1.165) is 10.0 Å². The average Bonchev–Trinajstić information content (AvgIpc) is 2.17. The number of carbonyl (C=O) groups excluding carboxylic acids is 1. The van der Waals surface area contributed by atoms with Gasteiger partial charge in [-0.25, -0.2) is 4.79 Å².